The van der Waals surface area contributed by atoms with Gasteiger partial charge in [0, 0.05) is 24.2 Å². The van der Waals surface area contributed by atoms with Crippen LogP contribution in [0, 0.1) is 29.6 Å². The van der Waals surface area contributed by atoms with Gasteiger partial charge in [0.05, 0.1) is 19.8 Å². The number of rotatable bonds is 18. The maximum absolute atomic E-state index is 12.0. The molecule has 51 heavy (non-hydrogen) atoms. The second kappa shape index (κ2) is 22.8. The highest BCUT2D eigenvalue weighted by Crippen LogP contribution is 2.47. The minimum atomic E-state index is -0.285. The molecule has 5 nitrogen and oxygen atoms in total. The fraction of sp³-hybridized carbons (Fsp3) is 0.609. The van der Waals surface area contributed by atoms with Crippen LogP contribution in [0.3, 0.4) is 0 Å². The standard InChI is InChI=1S/C42H62O3.C4H6O2/c1-7-10-11-12-34-21-22-40(26-32(34)8-2)37-17-13-35(14-18-37)36-15-19-38(20-16-36)41-24-23-39(33(9-3)27-41)25-31(28-44-6)29-45-42(43)30(4)5;1-4(2-5)3-6/h13-14,17-18,21-22,26,31,33,36,38-39,41H,4,7-12,15-16,19-20,23-25,27-29H2,1-3,5-6H3;2,6H,1,3H2. The number of carbonyl (C=O) groups excluding carboxylic acids is 2. The van der Waals surface area contributed by atoms with E-state index >= 15 is 0 Å². The number of benzene rings is 2. The molecule has 2 fully saturated rings. The minimum absolute atomic E-state index is 0.218. The van der Waals surface area contributed by atoms with Gasteiger partial charge in [0.15, 0.2) is 0 Å². The third-order valence-corrected chi connectivity index (χ3v) is 11.7. The summed E-state index contributed by atoms with van der Waals surface area (Å²) in [5.74, 6) is 3.90. The molecule has 2 aromatic carbocycles. The summed E-state index contributed by atoms with van der Waals surface area (Å²) in [5.41, 5.74) is 8.00. The lowest BCUT2D eigenvalue weighted by Gasteiger charge is -2.42. The monoisotopic (exact) mass is 701 g/mol. The van der Waals surface area contributed by atoms with Crippen LogP contribution >= 0.6 is 0 Å². The normalized spacial score (nSPS) is 22.3. The lowest BCUT2D eigenvalue weighted by atomic mass is 9.63. The Morgan fingerprint density at radius 2 is 1.57 bits per heavy atom. The van der Waals surface area contributed by atoms with Gasteiger partial charge in [0.2, 0.25) is 0 Å². The SMILES string of the molecule is C=C(C)C(=O)OCC(COC)CC1CCC(C2CCC(c3ccc(-c4ccc(CCCCC)c(CC)c4)cc3)CC2)CC1CC.C=C(C=O)CO. The Kier molecular flexibility index (Phi) is 19.0. The molecule has 1 N–H and O–H groups in total. The molecule has 4 rings (SSSR count). The van der Waals surface area contributed by atoms with Gasteiger partial charge in [0.25, 0.3) is 0 Å². The summed E-state index contributed by atoms with van der Waals surface area (Å²) < 4.78 is 11.0. The molecular weight excluding hydrogens is 633 g/mol. The van der Waals surface area contributed by atoms with Crippen molar-refractivity contribution in [2.75, 3.05) is 26.9 Å². The maximum atomic E-state index is 12.0. The van der Waals surface area contributed by atoms with E-state index in [1.54, 1.807) is 19.6 Å². The first kappa shape index (κ1) is 42.4. The number of esters is 1. The van der Waals surface area contributed by atoms with Gasteiger partial charge < -0.3 is 14.6 Å². The summed E-state index contributed by atoms with van der Waals surface area (Å²) in [4.78, 5) is 21.4. The van der Waals surface area contributed by atoms with Crippen molar-refractivity contribution in [1.82, 2.24) is 0 Å². The van der Waals surface area contributed by atoms with Crippen LogP contribution in [0.4, 0.5) is 0 Å². The molecular formula is C46H68O5. The zero-order valence-electron chi connectivity index (χ0n) is 32.6. The molecule has 0 bridgehead atoms. The van der Waals surface area contributed by atoms with Gasteiger partial charge in [-0.1, -0.05) is 95.7 Å². The van der Waals surface area contributed by atoms with Crippen LogP contribution in [0.1, 0.15) is 127 Å². The lowest BCUT2D eigenvalue weighted by Crippen LogP contribution is -2.33. The Morgan fingerprint density at radius 1 is 0.882 bits per heavy atom. The molecule has 282 valence electrons. The Hall–Kier alpha value is -3.02. The largest absolute Gasteiger partial charge is 0.462 e. The topological polar surface area (TPSA) is 72.8 Å². The van der Waals surface area contributed by atoms with Gasteiger partial charge in [-0.25, -0.2) is 4.79 Å². The number of aliphatic hydroxyl groups is 1. The summed E-state index contributed by atoms with van der Waals surface area (Å²) in [6, 6.07) is 16.8. The summed E-state index contributed by atoms with van der Waals surface area (Å²) in [5, 5.41) is 8.00. The van der Waals surface area contributed by atoms with Crippen LogP contribution in [-0.2, 0) is 31.9 Å². The summed E-state index contributed by atoms with van der Waals surface area (Å²) in [7, 11) is 1.75. The van der Waals surface area contributed by atoms with Gasteiger partial charge in [-0.05, 0) is 135 Å². The van der Waals surface area contributed by atoms with E-state index in [1.165, 1.54) is 99.3 Å². The highest BCUT2D eigenvalue weighted by atomic mass is 16.5. The first-order valence-corrected chi connectivity index (χ1v) is 19.9. The number of hydrogen-bond donors (Lipinski definition) is 1. The molecule has 2 aromatic rings. The van der Waals surface area contributed by atoms with Crippen molar-refractivity contribution < 1.29 is 24.2 Å². The van der Waals surface area contributed by atoms with E-state index in [0.717, 1.165) is 30.6 Å². The molecule has 5 heteroatoms. The van der Waals surface area contributed by atoms with Gasteiger partial charge in [-0.2, -0.15) is 0 Å². The van der Waals surface area contributed by atoms with Crippen LogP contribution in [0.2, 0.25) is 0 Å². The Labute approximate surface area is 310 Å². The maximum Gasteiger partial charge on any atom is 0.333 e. The molecule has 4 unspecified atom stereocenters. The number of unbranched alkanes of at least 4 members (excludes halogenated alkanes) is 2. The van der Waals surface area contributed by atoms with E-state index in [2.05, 4.69) is 76.4 Å². The van der Waals surface area contributed by atoms with Gasteiger partial charge >= 0.3 is 5.97 Å². The second-order valence-corrected chi connectivity index (χ2v) is 15.4. The number of methoxy groups -OCH3 is 1. The third kappa shape index (κ3) is 13.5. The number of carbonyl (C=O) groups is 2. The van der Waals surface area contributed by atoms with E-state index in [9.17, 15) is 9.59 Å². The number of ether oxygens (including phenoxy) is 2. The minimum Gasteiger partial charge on any atom is -0.462 e. The molecule has 4 atom stereocenters. The van der Waals surface area contributed by atoms with E-state index in [1.807, 2.05) is 0 Å². The van der Waals surface area contributed by atoms with E-state index in [0.29, 0.717) is 36.9 Å². The van der Waals surface area contributed by atoms with Crippen molar-refractivity contribution >= 4 is 12.3 Å². The Morgan fingerprint density at radius 3 is 2.14 bits per heavy atom. The molecule has 2 saturated carbocycles. The molecule has 0 spiro atoms. The van der Waals surface area contributed by atoms with E-state index < -0.39 is 0 Å². The average molecular weight is 701 g/mol. The smallest absolute Gasteiger partial charge is 0.333 e. The lowest BCUT2D eigenvalue weighted by molar-refractivity contribution is -0.141. The molecule has 0 amide bonds. The van der Waals surface area contributed by atoms with Crippen molar-refractivity contribution in [3.8, 4) is 11.1 Å². The van der Waals surface area contributed by atoms with E-state index in [4.69, 9.17) is 14.6 Å². The molecule has 0 heterocycles. The highest BCUT2D eigenvalue weighted by Gasteiger charge is 2.36. The zero-order valence-corrected chi connectivity index (χ0v) is 32.6. The molecule has 2 aliphatic carbocycles. The van der Waals surface area contributed by atoms with Crippen LogP contribution in [0.5, 0.6) is 0 Å². The van der Waals surface area contributed by atoms with E-state index in [-0.39, 0.29) is 24.1 Å². The van der Waals surface area contributed by atoms with Crippen molar-refractivity contribution in [2.45, 2.75) is 124 Å². The van der Waals surface area contributed by atoms with Gasteiger partial charge in [0.1, 0.15) is 6.29 Å². The van der Waals surface area contributed by atoms with Crippen LogP contribution in [0.25, 0.3) is 11.1 Å². The quantitative estimate of drug-likeness (QED) is 0.0725. The van der Waals surface area contributed by atoms with Crippen LogP contribution < -0.4 is 0 Å². The first-order valence-electron chi connectivity index (χ1n) is 19.9. The number of aryl methyl sites for hydroxylation is 2. The first-order chi connectivity index (χ1) is 24.7. The fourth-order valence-electron chi connectivity index (χ4n) is 8.62. The van der Waals surface area contributed by atoms with Crippen molar-refractivity contribution in [2.24, 2.45) is 29.6 Å². The van der Waals surface area contributed by atoms with Crippen molar-refractivity contribution in [1.29, 1.82) is 0 Å². The summed E-state index contributed by atoms with van der Waals surface area (Å²) in [6.07, 6.45) is 18.5. The van der Waals surface area contributed by atoms with Gasteiger partial charge in [-0.15, -0.1) is 0 Å². The van der Waals surface area contributed by atoms with Crippen molar-refractivity contribution in [3.05, 3.63) is 83.5 Å². The van der Waals surface area contributed by atoms with Crippen LogP contribution in [0.15, 0.2) is 66.8 Å². The molecule has 0 aromatic heterocycles. The number of aliphatic hydroxyl groups excluding tert-OH is 1. The van der Waals surface area contributed by atoms with Crippen LogP contribution in [-0.4, -0.2) is 44.3 Å². The Bertz CT molecular complexity index is 1350. The molecule has 2 aliphatic rings. The number of hydrogen-bond acceptors (Lipinski definition) is 5. The predicted octanol–water partition coefficient (Wildman–Crippen LogP) is 10.9. The number of aldehydes is 1. The fourth-order valence-corrected chi connectivity index (χ4v) is 8.62. The third-order valence-electron chi connectivity index (χ3n) is 11.7. The highest BCUT2D eigenvalue weighted by molar-refractivity contribution is 5.86. The van der Waals surface area contributed by atoms with Gasteiger partial charge in [-0.3, -0.25) is 4.79 Å². The molecule has 0 saturated heterocycles. The molecule has 0 radical (unpaired) electrons. The van der Waals surface area contributed by atoms with Crippen molar-refractivity contribution in [3.63, 3.8) is 0 Å². The second-order valence-electron chi connectivity index (χ2n) is 15.4. The molecule has 0 aliphatic heterocycles. The summed E-state index contributed by atoms with van der Waals surface area (Å²) in [6.45, 7) is 16.4. The summed E-state index contributed by atoms with van der Waals surface area (Å²) >= 11 is 0. The average Bonchev–Trinajstić information content (AvgIpc) is 3.17. The Balaban J connectivity index is 0.00000107. The zero-order chi connectivity index (χ0) is 37.2. The predicted molar refractivity (Wildman–Crippen MR) is 212 cm³/mol.